The minimum Gasteiger partial charge on any atom is -0.389 e. The van der Waals surface area contributed by atoms with E-state index in [-0.39, 0.29) is 0 Å². The number of rotatable bonds is 5. The summed E-state index contributed by atoms with van der Waals surface area (Å²) in [6.07, 6.45) is 1.83. The topological polar surface area (TPSA) is 47.3 Å². The molecule has 1 aliphatic carbocycles. The predicted octanol–water partition coefficient (Wildman–Crippen LogP) is 3.84. The molecular weight excluding hydrogens is 280 g/mol. The Bertz CT molecular complexity index is 654. The average Bonchev–Trinajstić information content (AvgIpc) is 3.20. The molecule has 1 atom stereocenters. The number of hydrogen-bond donors (Lipinski definition) is 1. The van der Waals surface area contributed by atoms with Crippen LogP contribution in [0, 0.1) is 11.3 Å². The second-order valence-electron chi connectivity index (χ2n) is 5.50. The van der Waals surface area contributed by atoms with Gasteiger partial charge in [-0.1, -0.05) is 12.1 Å². The summed E-state index contributed by atoms with van der Waals surface area (Å²) in [5, 5.41) is 21.3. The van der Waals surface area contributed by atoms with Crippen molar-refractivity contribution in [2.75, 3.05) is 4.90 Å². The zero-order valence-electron chi connectivity index (χ0n) is 12.0. The normalized spacial score (nSPS) is 15.5. The third-order valence-electron chi connectivity index (χ3n) is 3.81. The first-order chi connectivity index (χ1) is 10.2. The van der Waals surface area contributed by atoms with Gasteiger partial charge in [-0.25, -0.2) is 0 Å². The van der Waals surface area contributed by atoms with Gasteiger partial charge < -0.3 is 10.0 Å². The van der Waals surface area contributed by atoms with Crippen LogP contribution in [-0.2, 0) is 6.54 Å². The first-order valence-electron chi connectivity index (χ1n) is 7.20. The summed E-state index contributed by atoms with van der Waals surface area (Å²) in [7, 11) is 0. The summed E-state index contributed by atoms with van der Waals surface area (Å²) >= 11 is 1.75. The maximum Gasteiger partial charge on any atom is 0.0992 e. The SMILES string of the molecule is C[C@H](O)c1ccc(C#N)cc1N(Cc1cccs1)C1CC1. The molecule has 4 heteroatoms. The molecule has 1 aliphatic rings. The quantitative estimate of drug-likeness (QED) is 0.912. The minimum atomic E-state index is -0.530. The van der Waals surface area contributed by atoms with Crippen molar-refractivity contribution < 1.29 is 5.11 Å². The van der Waals surface area contributed by atoms with Crippen LogP contribution < -0.4 is 4.90 Å². The van der Waals surface area contributed by atoms with E-state index in [1.165, 1.54) is 17.7 Å². The highest BCUT2D eigenvalue weighted by molar-refractivity contribution is 7.09. The van der Waals surface area contributed by atoms with Gasteiger partial charge in [0, 0.05) is 22.2 Å². The molecule has 0 unspecified atom stereocenters. The van der Waals surface area contributed by atoms with Crippen molar-refractivity contribution in [3.05, 3.63) is 51.7 Å². The third kappa shape index (κ3) is 3.10. The average molecular weight is 298 g/mol. The highest BCUT2D eigenvalue weighted by Gasteiger charge is 2.31. The van der Waals surface area contributed by atoms with E-state index in [0.717, 1.165) is 17.8 Å². The van der Waals surface area contributed by atoms with Crippen molar-refractivity contribution in [3.63, 3.8) is 0 Å². The lowest BCUT2D eigenvalue weighted by molar-refractivity contribution is 0.199. The van der Waals surface area contributed by atoms with Crippen LogP contribution in [0.2, 0.25) is 0 Å². The molecule has 1 N–H and O–H groups in total. The van der Waals surface area contributed by atoms with Crippen LogP contribution in [0.25, 0.3) is 0 Å². The van der Waals surface area contributed by atoms with Crippen LogP contribution in [0.3, 0.4) is 0 Å². The van der Waals surface area contributed by atoms with Crippen molar-refractivity contribution in [2.45, 2.75) is 38.5 Å². The molecule has 0 radical (unpaired) electrons. The van der Waals surface area contributed by atoms with Crippen LogP contribution in [0.15, 0.2) is 35.7 Å². The van der Waals surface area contributed by atoms with Gasteiger partial charge in [-0.3, -0.25) is 0 Å². The Morgan fingerprint density at radius 2 is 2.24 bits per heavy atom. The molecule has 2 aromatic rings. The molecule has 1 saturated carbocycles. The van der Waals surface area contributed by atoms with Gasteiger partial charge >= 0.3 is 0 Å². The molecule has 1 aromatic heterocycles. The molecule has 0 saturated heterocycles. The summed E-state index contributed by atoms with van der Waals surface area (Å²) in [5.74, 6) is 0. The van der Waals surface area contributed by atoms with Crippen LogP contribution in [0.1, 0.15) is 41.9 Å². The van der Waals surface area contributed by atoms with E-state index in [4.69, 9.17) is 5.26 Å². The standard InChI is InChI=1S/C17H18N2OS/c1-12(20)16-7-4-13(10-18)9-17(16)19(14-5-6-14)11-15-3-2-8-21-15/h2-4,7-9,12,14,20H,5-6,11H2,1H3/t12-/m0/s1. The minimum absolute atomic E-state index is 0.526. The lowest BCUT2D eigenvalue weighted by Crippen LogP contribution is -2.26. The van der Waals surface area contributed by atoms with Gasteiger partial charge in [-0.2, -0.15) is 5.26 Å². The van der Waals surface area contributed by atoms with Crippen LogP contribution >= 0.6 is 11.3 Å². The van der Waals surface area contributed by atoms with Gasteiger partial charge in [0.15, 0.2) is 0 Å². The Kier molecular flexibility index (Phi) is 3.96. The molecule has 3 nitrogen and oxygen atoms in total. The Morgan fingerprint density at radius 1 is 1.43 bits per heavy atom. The monoisotopic (exact) mass is 298 g/mol. The molecule has 3 rings (SSSR count). The fraction of sp³-hybridized carbons (Fsp3) is 0.353. The Labute approximate surface area is 129 Å². The zero-order chi connectivity index (χ0) is 14.8. The van der Waals surface area contributed by atoms with E-state index < -0.39 is 6.10 Å². The highest BCUT2D eigenvalue weighted by Crippen LogP contribution is 2.37. The van der Waals surface area contributed by atoms with Crippen LogP contribution in [0.4, 0.5) is 5.69 Å². The second-order valence-corrected chi connectivity index (χ2v) is 6.53. The molecule has 1 aromatic carbocycles. The van der Waals surface area contributed by atoms with Crippen molar-refractivity contribution >= 4 is 17.0 Å². The van der Waals surface area contributed by atoms with Gasteiger partial charge in [0.2, 0.25) is 0 Å². The van der Waals surface area contributed by atoms with E-state index in [1.54, 1.807) is 24.3 Å². The van der Waals surface area contributed by atoms with Crippen molar-refractivity contribution in [2.24, 2.45) is 0 Å². The van der Waals surface area contributed by atoms with E-state index in [2.05, 4.69) is 28.5 Å². The Morgan fingerprint density at radius 3 is 2.81 bits per heavy atom. The summed E-state index contributed by atoms with van der Waals surface area (Å²) in [6.45, 7) is 2.62. The Balaban J connectivity index is 1.99. The maximum atomic E-state index is 10.0. The molecule has 21 heavy (non-hydrogen) atoms. The second kappa shape index (κ2) is 5.88. The number of aliphatic hydroxyl groups is 1. The highest BCUT2D eigenvalue weighted by atomic mass is 32.1. The molecule has 1 heterocycles. The van der Waals surface area contributed by atoms with E-state index >= 15 is 0 Å². The van der Waals surface area contributed by atoms with E-state index in [9.17, 15) is 5.11 Å². The number of benzene rings is 1. The van der Waals surface area contributed by atoms with E-state index in [1.807, 2.05) is 12.1 Å². The zero-order valence-corrected chi connectivity index (χ0v) is 12.8. The molecule has 108 valence electrons. The number of nitriles is 1. The molecule has 0 bridgehead atoms. The molecule has 1 fully saturated rings. The molecule has 0 spiro atoms. The smallest absolute Gasteiger partial charge is 0.0992 e. The predicted molar refractivity (Wildman–Crippen MR) is 85.3 cm³/mol. The molecule has 0 amide bonds. The van der Waals surface area contributed by atoms with Crippen molar-refractivity contribution in [1.82, 2.24) is 0 Å². The maximum absolute atomic E-state index is 10.0. The third-order valence-corrected chi connectivity index (χ3v) is 4.67. The lowest BCUT2D eigenvalue weighted by atomic mass is 10.0. The van der Waals surface area contributed by atoms with Crippen molar-refractivity contribution in [3.8, 4) is 6.07 Å². The summed E-state index contributed by atoms with van der Waals surface area (Å²) in [5.41, 5.74) is 2.55. The van der Waals surface area contributed by atoms with Gasteiger partial charge in [-0.15, -0.1) is 11.3 Å². The Hall–Kier alpha value is -1.83. The lowest BCUT2D eigenvalue weighted by Gasteiger charge is -2.28. The van der Waals surface area contributed by atoms with Gasteiger partial charge in [-0.05, 0) is 43.3 Å². The fourth-order valence-electron chi connectivity index (χ4n) is 2.58. The molecule has 0 aliphatic heterocycles. The number of nitrogens with zero attached hydrogens (tertiary/aromatic N) is 2. The fourth-order valence-corrected chi connectivity index (χ4v) is 3.29. The summed E-state index contributed by atoms with van der Waals surface area (Å²) < 4.78 is 0. The largest absolute Gasteiger partial charge is 0.389 e. The number of anilines is 1. The van der Waals surface area contributed by atoms with E-state index in [0.29, 0.717) is 11.6 Å². The summed E-state index contributed by atoms with van der Waals surface area (Å²) in [4.78, 5) is 3.65. The van der Waals surface area contributed by atoms with Gasteiger partial charge in [0.1, 0.15) is 0 Å². The van der Waals surface area contributed by atoms with Crippen LogP contribution in [0.5, 0.6) is 0 Å². The van der Waals surface area contributed by atoms with Gasteiger partial charge in [0.25, 0.3) is 0 Å². The number of thiophene rings is 1. The first kappa shape index (κ1) is 14.1. The van der Waals surface area contributed by atoms with Gasteiger partial charge in [0.05, 0.1) is 24.3 Å². The van der Waals surface area contributed by atoms with Crippen LogP contribution in [-0.4, -0.2) is 11.1 Å². The summed E-state index contributed by atoms with van der Waals surface area (Å²) in [6, 6.07) is 12.5. The number of hydrogen-bond acceptors (Lipinski definition) is 4. The first-order valence-corrected chi connectivity index (χ1v) is 8.08. The van der Waals surface area contributed by atoms with Crippen molar-refractivity contribution in [1.29, 1.82) is 5.26 Å². The molecular formula is C17H18N2OS. The number of aliphatic hydroxyl groups excluding tert-OH is 1.